The van der Waals surface area contributed by atoms with Crippen LogP contribution in [0, 0.1) is 17.8 Å². The highest BCUT2D eigenvalue weighted by molar-refractivity contribution is 7.86. The Morgan fingerprint density at radius 1 is 1.00 bits per heavy atom. The molecule has 24 heavy (non-hydrogen) atoms. The Kier molecular flexibility index (Phi) is 4.76. The zero-order valence-electron chi connectivity index (χ0n) is 13.7. The molecule has 2 aliphatic carbocycles. The van der Waals surface area contributed by atoms with Crippen molar-refractivity contribution >= 4 is 20.2 Å². The minimum Gasteiger partial charge on any atom is -0.270 e. The standard InChI is InChI=1S/C16H22O6S2/c1-23(17,18)21-10-14-13-8-12(9-15(13)22-24(2,19)20)16(14)11-6-4-3-5-7-11/h3-7,12-16H,8-10H2,1-2H3/t12-,13-,14-,15+,16+/m1/s1. The Bertz CT molecular complexity index is 787. The first-order valence-corrected chi connectivity index (χ1v) is 11.5. The molecule has 8 heteroatoms. The normalized spacial score (nSPS) is 33.0. The summed E-state index contributed by atoms with van der Waals surface area (Å²) in [6.07, 6.45) is 3.19. The number of hydrogen-bond acceptors (Lipinski definition) is 6. The van der Waals surface area contributed by atoms with Crippen molar-refractivity contribution in [1.82, 2.24) is 0 Å². The van der Waals surface area contributed by atoms with Gasteiger partial charge in [0.05, 0.1) is 25.2 Å². The van der Waals surface area contributed by atoms with Gasteiger partial charge in [-0.25, -0.2) is 0 Å². The highest BCUT2D eigenvalue weighted by atomic mass is 32.2. The lowest BCUT2D eigenvalue weighted by molar-refractivity contribution is 0.0737. The van der Waals surface area contributed by atoms with E-state index in [4.69, 9.17) is 8.37 Å². The van der Waals surface area contributed by atoms with E-state index in [0.717, 1.165) is 24.5 Å². The van der Waals surface area contributed by atoms with Gasteiger partial charge in [0.15, 0.2) is 0 Å². The molecular formula is C16H22O6S2. The summed E-state index contributed by atoms with van der Waals surface area (Å²) in [5, 5.41) is 0. The van der Waals surface area contributed by atoms with Gasteiger partial charge in [-0.1, -0.05) is 30.3 Å². The lowest BCUT2D eigenvalue weighted by atomic mass is 9.75. The van der Waals surface area contributed by atoms with Crippen LogP contribution in [-0.4, -0.2) is 42.1 Å². The molecule has 0 heterocycles. The van der Waals surface area contributed by atoms with Crippen molar-refractivity contribution in [1.29, 1.82) is 0 Å². The van der Waals surface area contributed by atoms with Crippen molar-refractivity contribution in [3.63, 3.8) is 0 Å². The van der Waals surface area contributed by atoms with E-state index in [-0.39, 0.29) is 30.3 Å². The molecule has 0 unspecified atom stereocenters. The van der Waals surface area contributed by atoms with Crippen molar-refractivity contribution in [2.45, 2.75) is 24.9 Å². The zero-order valence-corrected chi connectivity index (χ0v) is 15.3. The fraction of sp³-hybridized carbons (Fsp3) is 0.625. The number of rotatable bonds is 6. The summed E-state index contributed by atoms with van der Waals surface area (Å²) in [6, 6.07) is 9.92. The van der Waals surface area contributed by atoms with Gasteiger partial charge in [-0.05, 0) is 42.1 Å². The topological polar surface area (TPSA) is 86.7 Å². The van der Waals surface area contributed by atoms with Crippen molar-refractivity contribution in [3.05, 3.63) is 35.9 Å². The summed E-state index contributed by atoms with van der Waals surface area (Å²) in [7, 11) is -7.08. The molecule has 0 aliphatic heterocycles. The van der Waals surface area contributed by atoms with Crippen molar-refractivity contribution < 1.29 is 25.2 Å². The maximum absolute atomic E-state index is 11.5. The summed E-state index contributed by atoms with van der Waals surface area (Å²) in [6.45, 7) is 0.0587. The Morgan fingerprint density at radius 2 is 1.67 bits per heavy atom. The summed E-state index contributed by atoms with van der Waals surface area (Å²) in [4.78, 5) is 0. The predicted octanol–water partition coefficient (Wildman–Crippen LogP) is 1.75. The molecule has 3 rings (SSSR count). The van der Waals surface area contributed by atoms with Gasteiger partial charge < -0.3 is 0 Å². The fourth-order valence-corrected chi connectivity index (χ4v) is 5.46. The average Bonchev–Trinajstić information content (AvgIpc) is 3.00. The van der Waals surface area contributed by atoms with E-state index >= 15 is 0 Å². The third kappa shape index (κ3) is 3.99. The Balaban J connectivity index is 1.85. The van der Waals surface area contributed by atoms with Crippen LogP contribution in [0.2, 0.25) is 0 Å². The highest BCUT2D eigenvalue weighted by Gasteiger charge is 2.54. The van der Waals surface area contributed by atoms with Crippen LogP contribution >= 0.6 is 0 Å². The van der Waals surface area contributed by atoms with Gasteiger partial charge in [-0.15, -0.1) is 0 Å². The Morgan fingerprint density at radius 3 is 2.25 bits per heavy atom. The quantitative estimate of drug-likeness (QED) is 0.705. The molecule has 1 aromatic carbocycles. The summed E-state index contributed by atoms with van der Waals surface area (Å²) in [5.74, 6) is 0.346. The van der Waals surface area contributed by atoms with E-state index in [9.17, 15) is 16.8 Å². The molecule has 2 bridgehead atoms. The summed E-state index contributed by atoms with van der Waals surface area (Å²) < 4.78 is 56.1. The number of benzene rings is 1. The molecule has 0 aromatic heterocycles. The van der Waals surface area contributed by atoms with E-state index < -0.39 is 26.3 Å². The van der Waals surface area contributed by atoms with Crippen LogP contribution in [0.3, 0.4) is 0 Å². The minimum atomic E-state index is -3.55. The van der Waals surface area contributed by atoms with E-state index in [2.05, 4.69) is 0 Å². The van der Waals surface area contributed by atoms with Gasteiger partial charge >= 0.3 is 0 Å². The van der Waals surface area contributed by atoms with Gasteiger partial charge in [-0.2, -0.15) is 16.8 Å². The maximum atomic E-state index is 11.5. The molecule has 0 saturated heterocycles. The van der Waals surface area contributed by atoms with E-state index in [0.29, 0.717) is 6.42 Å². The van der Waals surface area contributed by atoms with Crippen LogP contribution < -0.4 is 0 Å². The first kappa shape index (κ1) is 17.8. The van der Waals surface area contributed by atoms with E-state index in [1.54, 1.807) is 0 Å². The lowest BCUT2D eigenvalue weighted by Crippen LogP contribution is -2.36. The van der Waals surface area contributed by atoms with Gasteiger partial charge in [-0.3, -0.25) is 8.37 Å². The van der Waals surface area contributed by atoms with Crippen LogP contribution in [0.4, 0.5) is 0 Å². The molecule has 0 N–H and O–H groups in total. The molecule has 0 amide bonds. The predicted molar refractivity (Wildman–Crippen MR) is 89.4 cm³/mol. The molecule has 134 valence electrons. The lowest BCUT2D eigenvalue weighted by Gasteiger charge is -2.35. The Labute approximate surface area is 143 Å². The van der Waals surface area contributed by atoms with Gasteiger partial charge in [0, 0.05) is 0 Å². The third-order valence-corrected chi connectivity index (χ3v) is 6.23. The minimum absolute atomic E-state index is 0.0170. The monoisotopic (exact) mass is 374 g/mol. The molecule has 6 nitrogen and oxygen atoms in total. The first-order chi connectivity index (χ1) is 11.1. The average molecular weight is 374 g/mol. The molecule has 2 saturated carbocycles. The maximum Gasteiger partial charge on any atom is 0.264 e. The highest BCUT2D eigenvalue weighted by Crippen LogP contribution is 2.57. The van der Waals surface area contributed by atoms with Crippen molar-refractivity contribution in [2.75, 3.05) is 19.1 Å². The number of fused-ring (bicyclic) bond motifs is 2. The number of hydrogen-bond donors (Lipinski definition) is 0. The SMILES string of the molecule is CS(=O)(=O)OC[C@@H]1[C@H]2C[C@H](C[C@@H]2OS(C)(=O)=O)[C@@H]1c1ccccc1. The largest absolute Gasteiger partial charge is 0.270 e. The van der Waals surface area contributed by atoms with Crippen LogP contribution in [0.1, 0.15) is 24.3 Å². The van der Waals surface area contributed by atoms with Gasteiger partial charge in [0.2, 0.25) is 0 Å². The van der Waals surface area contributed by atoms with Crippen LogP contribution in [0.15, 0.2) is 30.3 Å². The molecule has 0 spiro atoms. The smallest absolute Gasteiger partial charge is 0.264 e. The van der Waals surface area contributed by atoms with E-state index in [1.807, 2.05) is 30.3 Å². The van der Waals surface area contributed by atoms with Crippen LogP contribution in [0.25, 0.3) is 0 Å². The third-order valence-electron chi connectivity index (χ3n) is 5.06. The Hall–Kier alpha value is -0.960. The zero-order chi connectivity index (χ0) is 17.5. The second-order valence-electron chi connectivity index (χ2n) is 6.82. The van der Waals surface area contributed by atoms with Crippen LogP contribution in [-0.2, 0) is 28.6 Å². The fourth-order valence-electron chi connectivity index (χ4n) is 4.39. The molecule has 1 aromatic rings. The molecule has 0 radical (unpaired) electrons. The van der Waals surface area contributed by atoms with Gasteiger partial charge in [0.25, 0.3) is 20.2 Å². The van der Waals surface area contributed by atoms with Crippen molar-refractivity contribution in [3.8, 4) is 0 Å². The summed E-state index contributed by atoms with van der Waals surface area (Å²) in [5.41, 5.74) is 1.14. The molecular weight excluding hydrogens is 352 g/mol. The summed E-state index contributed by atoms with van der Waals surface area (Å²) >= 11 is 0. The van der Waals surface area contributed by atoms with Crippen molar-refractivity contribution in [2.24, 2.45) is 17.8 Å². The van der Waals surface area contributed by atoms with Crippen LogP contribution in [0.5, 0.6) is 0 Å². The molecule has 2 fully saturated rings. The van der Waals surface area contributed by atoms with Gasteiger partial charge in [0.1, 0.15) is 0 Å². The second-order valence-corrected chi connectivity index (χ2v) is 10.1. The first-order valence-electron chi connectivity index (χ1n) is 7.91. The molecule has 5 atom stereocenters. The second kappa shape index (κ2) is 6.40. The molecule has 2 aliphatic rings. The van der Waals surface area contributed by atoms with E-state index in [1.165, 1.54) is 0 Å².